The minimum absolute atomic E-state index is 0.147. The van der Waals surface area contributed by atoms with E-state index in [4.69, 9.17) is 16.9 Å². The SMILES string of the molecule is C#CCCNC(CN)(COC)C(C)C. The lowest BCUT2D eigenvalue weighted by molar-refractivity contribution is 0.0838. The highest BCUT2D eigenvalue weighted by molar-refractivity contribution is 4.94. The van der Waals surface area contributed by atoms with Crippen molar-refractivity contribution in [3.05, 3.63) is 0 Å². The Morgan fingerprint density at radius 2 is 2.21 bits per heavy atom. The van der Waals surface area contributed by atoms with Crippen LogP contribution < -0.4 is 11.1 Å². The zero-order valence-corrected chi connectivity index (χ0v) is 9.47. The molecule has 1 atom stereocenters. The third kappa shape index (κ3) is 3.67. The molecule has 0 radical (unpaired) electrons. The van der Waals surface area contributed by atoms with E-state index in [2.05, 4.69) is 25.1 Å². The van der Waals surface area contributed by atoms with Gasteiger partial charge in [-0.05, 0) is 5.92 Å². The van der Waals surface area contributed by atoms with Gasteiger partial charge >= 0.3 is 0 Å². The second-order valence-corrected chi connectivity index (χ2v) is 3.83. The minimum atomic E-state index is -0.147. The second kappa shape index (κ2) is 6.83. The van der Waals surface area contributed by atoms with Crippen LogP contribution in [0.3, 0.4) is 0 Å². The average Bonchev–Trinajstić information content (AvgIpc) is 2.16. The molecule has 0 bridgehead atoms. The van der Waals surface area contributed by atoms with E-state index in [0.717, 1.165) is 13.0 Å². The van der Waals surface area contributed by atoms with Crippen molar-refractivity contribution in [2.75, 3.05) is 26.8 Å². The van der Waals surface area contributed by atoms with E-state index in [9.17, 15) is 0 Å². The van der Waals surface area contributed by atoms with Crippen LogP contribution in [0.25, 0.3) is 0 Å². The second-order valence-electron chi connectivity index (χ2n) is 3.83. The number of nitrogens with one attached hydrogen (secondary N) is 1. The van der Waals surface area contributed by atoms with Crippen molar-refractivity contribution < 1.29 is 4.74 Å². The van der Waals surface area contributed by atoms with Crippen LogP contribution >= 0.6 is 0 Å². The Bertz CT molecular complexity index is 186. The molecule has 3 heteroatoms. The first-order valence-corrected chi connectivity index (χ1v) is 5.00. The Balaban J connectivity index is 4.27. The molecule has 0 aromatic rings. The molecule has 0 saturated carbocycles. The topological polar surface area (TPSA) is 47.3 Å². The molecular formula is C11H22N2O. The molecular weight excluding hydrogens is 176 g/mol. The van der Waals surface area contributed by atoms with Gasteiger partial charge in [0.05, 0.1) is 12.1 Å². The summed E-state index contributed by atoms with van der Waals surface area (Å²) in [6.07, 6.45) is 5.92. The summed E-state index contributed by atoms with van der Waals surface area (Å²) in [4.78, 5) is 0. The fourth-order valence-electron chi connectivity index (χ4n) is 1.43. The van der Waals surface area contributed by atoms with Crippen LogP contribution in [0.15, 0.2) is 0 Å². The Morgan fingerprint density at radius 3 is 2.57 bits per heavy atom. The molecule has 3 N–H and O–H groups in total. The number of methoxy groups -OCH3 is 1. The van der Waals surface area contributed by atoms with Gasteiger partial charge < -0.3 is 15.8 Å². The summed E-state index contributed by atoms with van der Waals surface area (Å²) >= 11 is 0. The first-order chi connectivity index (χ1) is 6.63. The zero-order chi connectivity index (χ0) is 11.0. The molecule has 0 aliphatic rings. The lowest BCUT2D eigenvalue weighted by Gasteiger charge is -2.37. The van der Waals surface area contributed by atoms with Crippen LogP contribution in [0.4, 0.5) is 0 Å². The van der Waals surface area contributed by atoms with Gasteiger partial charge in [0.1, 0.15) is 0 Å². The highest BCUT2D eigenvalue weighted by Gasteiger charge is 2.31. The highest BCUT2D eigenvalue weighted by atomic mass is 16.5. The Kier molecular flexibility index (Phi) is 6.56. The quantitative estimate of drug-likeness (QED) is 0.465. The third-order valence-corrected chi connectivity index (χ3v) is 2.62. The van der Waals surface area contributed by atoms with Gasteiger partial charge in [0.25, 0.3) is 0 Å². The van der Waals surface area contributed by atoms with Crippen molar-refractivity contribution in [1.82, 2.24) is 5.32 Å². The van der Waals surface area contributed by atoms with E-state index in [0.29, 0.717) is 19.1 Å². The number of rotatable bonds is 7. The lowest BCUT2D eigenvalue weighted by atomic mass is 9.87. The zero-order valence-electron chi connectivity index (χ0n) is 9.47. The van der Waals surface area contributed by atoms with Crippen LogP contribution in [0.2, 0.25) is 0 Å². The van der Waals surface area contributed by atoms with E-state index < -0.39 is 0 Å². The van der Waals surface area contributed by atoms with Gasteiger partial charge in [-0.25, -0.2) is 0 Å². The van der Waals surface area contributed by atoms with E-state index >= 15 is 0 Å². The molecule has 0 aliphatic heterocycles. The van der Waals surface area contributed by atoms with Crippen molar-refractivity contribution >= 4 is 0 Å². The standard InChI is InChI=1S/C11H22N2O/c1-5-6-7-13-11(8-12,9-14-4)10(2)3/h1,10,13H,6-9,12H2,2-4H3. The van der Waals surface area contributed by atoms with Crippen molar-refractivity contribution in [3.63, 3.8) is 0 Å². The van der Waals surface area contributed by atoms with Gasteiger partial charge in [-0.3, -0.25) is 0 Å². The maximum absolute atomic E-state index is 5.78. The number of hydrogen-bond donors (Lipinski definition) is 2. The van der Waals surface area contributed by atoms with Crippen molar-refractivity contribution in [2.24, 2.45) is 11.7 Å². The van der Waals surface area contributed by atoms with Gasteiger partial charge in [0.15, 0.2) is 0 Å². The molecule has 82 valence electrons. The molecule has 0 rings (SSSR count). The Labute approximate surface area is 87.4 Å². The Hall–Kier alpha value is -0.560. The molecule has 0 fully saturated rings. The molecule has 0 aromatic carbocycles. The number of terminal acetylenes is 1. The van der Waals surface area contributed by atoms with Crippen LogP contribution in [-0.4, -0.2) is 32.3 Å². The summed E-state index contributed by atoms with van der Waals surface area (Å²) in [5.74, 6) is 3.02. The van der Waals surface area contributed by atoms with Crippen LogP contribution in [0, 0.1) is 18.3 Å². The van der Waals surface area contributed by atoms with Crippen molar-refractivity contribution in [3.8, 4) is 12.3 Å². The fourth-order valence-corrected chi connectivity index (χ4v) is 1.43. The van der Waals surface area contributed by atoms with E-state index in [1.807, 2.05) is 0 Å². The number of ether oxygens (including phenoxy) is 1. The molecule has 14 heavy (non-hydrogen) atoms. The summed E-state index contributed by atoms with van der Waals surface area (Å²) < 4.78 is 5.20. The predicted octanol–water partition coefficient (Wildman–Crippen LogP) is 0.599. The molecule has 0 amide bonds. The minimum Gasteiger partial charge on any atom is -0.383 e. The highest BCUT2D eigenvalue weighted by Crippen LogP contribution is 2.16. The van der Waals surface area contributed by atoms with E-state index in [1.165, 1.54) is 0 Å². The van der Waals surface area contributed by atoms with Crippen molar-refractivity contribution in [2.45, 2.75) is 25.8 Å². The first-order valence-electron chi connectivity index (χ1n) is 5.00. The summed E-state index contributed by atoms with van der Waals surface area (Å²) in [5, 5.41) is 3.39. The van der Waals surface area contributed by atoms with Crippen LogP contribution in [-0.2, 0) is 4.74 Å². The molecule has 1 unspecified atom stereocenters. The maximum atomic E-state index is 5.78. The van der Waals surface area contributed by atoms with Crippen molar-refractivity contribution in [1.29, 1.82) is 0 Å². The largest absolute Gasteiger partial charge is 0.383 e. The predicted molar refractivity (Wildman–Crippen MR) is 60.0 cm³/mol. The maximum Gasteiger partial charge on any atom is 0.0659 e. The number of nitrogens with two attached hydrogens (primary N) is 1. The van der Waals surface area contributed by atoms with Crippen LogP contribution in [0.5, 0.6) is 0 Å². The summed E-state index contributed by atoms with van der Waals surface area (Å²) in [5.41, 5.74) is 5.64. The van der Waals surface area contributed by atoms with Gasteiger partial charge in [0, 0.05) is 26.6 Å². The van der Waals surface area contributed by atoms with Gasteiger partial charge in [-0.15, -0.1) is 12.3 Å². The average molecular weight is 198 g/mol. The Morgan fingerprint density at radius 1 is 1.57 bits per heavy atom. The monoisotopic (exact) mass is 198 g/mol. The van der Waals surface area contributed by atoms with Gasteiger partial charge in [-0.2, -0.15) is 0 Å². The van der Waals surface area contributed by atoms with Crippen LogP contribution in [0.1, 0.15) is 20.3 Å². The number of hydrogen-bond acceptors (Lipinski definition) is 3. The summed E-state index contributed by atoms with van der Waals surface area (Å²) in [6.45, 7) is 6.23. The van der Waals surface area contributed by atoms with E-state index in [1.54, 1.807) is 7.11 Å². The molecule has 0 saturated heterocycles. The summed E-state index contributed by atoms with van der Waals surface area (Å²) in [7, 11) is 1.69. The molecule has 0 spiro atoms. The normalized spacial score (nSPS) is 15.1. The summed E-state index contributed by atoms with van der Waals surface area (Å²) in [6, 6.07) is 0. The van der Waals surface area contributed by atoms with Gasteiger partial charge in [-0.1, -0.05) is 13.8 Å². The third-order valence-electron chi connectivity index (χ3n) is 2.62. The molecule has 0 heterocycles. The smallest absolute Gasteiger partial charge is 0.0659 e. The lowest BCUT2D eigenvalue weighted by Crippen LogP contribution is -2.58. The van der Waals surface area contributed by atoms with E-state index in [-0.39, 0.29) is 5.54 Å². The molecule has 0 aromatic heterocycles. The van der Waals surface area contributed by atoms with Gasteiger partial charge in [0.2, 0.25) is 0 Å². The molecule has 3 nitrogen and oxygen atoms in total. The first kappa shape index (κ1) is 13.4. The fraction of sp³-hybridized carbons (Fsp3) is 0.818. The molecule has 0 aliphatic carbocycles.